The average molecular weight is 403 g/mol. The second kappa shape index (κ2) is 6.81. The first kappa shape index (κ1) is 14.9. The van der Waals surface area contributed by atoms with Crippen LogP contribution in [0, 0.1) is 9.39 Å². The summed E-state index contributed by atoms with van der Waals surface area (Å²) in [6.07, 6.45) is 1.19. The van der Waals surface area contributed by atoms with Crippen LogP contribution in [0.15, 0.2) is 47.6 Å². The summed E-state index contributed by atoms with van der Waals surface area (Å²) >= 11 is 7.90. The van der Waals surface area contributed by atoms with Crippen LogP contribution in [0.4, 0.5) is 4.39 Å². The highest BCUT2D eigenvalue weighted by Crippen LogP contribution is 2.16. The molecule has 0 aliphatic carbocycles. The molecule has 0 aliphatic rings. The normalized spacial score (nSPS) is 10.8. The Labute approximate surface area is 134 Å². The summed E-state index contributed by atoms with van der Waals surface area (Å²) < 4.78 is 14.3. The van der Waals surface area contributed by atoms with Crippen LogP contribution in [0.2, 0.25) is 5.02 Å². The molecule has 102 valence electrons. The first-order valence-electron chi connectivity index (χ1n) is 5.61. The minimum absolute atomic E-state index is 0.136. The first-order valence-corrected chi connectivity index (χ1v) is 7.07. The van der Waals surface area contributed by atoms with E-state index in [0.29, 0.717) is 5.56 Å². The molecular weight excluding hydrogens is 394 g/mol. The van der Waals surface area contributed by atoms with Crippen LogP contribution in [0.1, 0.15) is 15.9 Å². The minimum atomic E-state index is -0.496. The summed E-state index contributed by atoms with van der Waals surface area (Å²) in [4.78, 5) is 11.9. The quantitative estimate of drug-likeness (QED) is 0.473. The van der Waals surface area contributed by atoms with Crippen molar-refractivity contribution in [3.8, 4) is 0 Å². The Morgan fingerprint density at radius 3 is 2.70 bits per heavy atom. The van der Waals surface area contributed by atoms with Gasteiger partial charge in [0.1, 0.15) is 5.82 Å². The first-order chi connectivity index (χ1) is 9.59. The zero-order valence-corrected chi connectivity index (χ0v) is 13.0. The van der Waals surface area contributed by atoms with Crippen LogP contribution in [0.5, 0.6) is 0 Å². The number of carbonyl (C=O) groups excluding carboxylic acids is 1. The molecule has 0 unspecified atom stereocenters. The summed E-state index contributed by atoms with van der Waals surface area (Å²) in [6.45, 7) is 0. The van der Waals surface area contributed by atoms with Crippen molar-refractivity contribution in [1.82, 2.24) is 5.43 Å². The molecule has 2 rings (SSSR count). The summed E-state index contributed by atoms with van der Waals surface area (Å²) in [7, 11) is 0. The number of nitrogens with one attached hydrogen (secondary N) is 1. The molecule has 0 atom stereocenters. The van der Waals surface area contributed by atoms with Crippen molar-refractivity contribution in [3.05, 3.63) is 68.0 Å². The van der Waals surface area contributed by atoms with Gasteiger partial charge < -0.3 is 0 Å². The molecule has 0 spiro atoms. The second-order valence-electron chi connectivity index (χ2n) is 3.81. The number of hydrogen-bond acceptors (Lipinski definition) is 2. The van der Waals surface area contributed by atoms with E-state index in [1.54, 1.807) is 18.2 Å². The van der Waals surface area contributed by atoms with Crippen molar-refractivity contribution in [2.45, 2.75) is 0 Å². The molecule has 20 heavy (non-hydrogen) atoms. The Bertz CT molecular complexity index is 656. The topological polar surface area (TPSA) is 41.5 Å². The summed E-state index contributed by atoms with van der Waals surface area (Å²) in [6, 6.07) is 11.4. The van der Waals surface area contributed by atoms with Gasteiger partial charge in [-0.25, -0.2) is 9.82 Å². The largest absolute Gasteiger partial charge is 0.272 e. The van der Waals surface area contributed by atoms with E-state index in [9.17, 15) is 9.18 Å². The van der Waals surface area contributed by atoms with Crippen LogP contribution < -0.4 is 5.43 Å². The van der Waals surface area contributed by atoms with Gasteiger partial charge in [-0.3, -0.25) is 4.79 Å². The molecular formula is C14H9ClFIN2O. The zero-order valence-electron chi connectivity index (χ0n) is 10.1. The van der Waals surface area contributed by atoms with E-state index in [1.165, 1.54) is 18.3 Å². The molecule has 1 N–H and O–H groups in total. The van der Waals surface area contributed by atoms with Crippen LogP contribution >= 0.6 is 34.2 Å². The Morgan fingerprint density at radius 1 is 1.25 bits per heavy atom. The molecule has 0 aromatic heterocycles. The van der Waals surface area contributed by atoms with Gasteiger partial charge in [-0.1, -0.05) is 29.8 Å². The Morgan fingerprint density at radius 2 is 2.00 bits per heavy atom. The van der Waals surface area contributed by atoms with Gasteiger partial charge in [0, 0.05) is 9.13 Å². The maximum atomic E-state index is 13.5. The molecule has 0 fully saturated rings. The highest BCUT2D eigenvalue weighted by atomic mass is 127. The van der Waals surface area contributed by atoms with Gasteiger partial charge >= 0.3 is 0 Å². The van der Waals surface area contributed by atoms with E-state index in [-0.39, 0.29) is 16.5 Å². The van der Waals surface area contributed by atoms with Gasteiger partial charge in [0.25, 0.3) is 5.91 Å². The number of hydrogen-bond donors (Lipinski definition) is 1. The van der Waals surface area contributed by atoms with E-state index in [2.05, 4.69) is 33.1 Å². The lowest BCUT2D eigenvalue weighted by atomic mass is 10.2. The van der Waals surface area contributed by atoms with E-state index >= 15 is 0 Å². The fraction of sp³-hybridized carbons (Fsp3) is 0. The van der Waals surface area contributed by atoms with Crippen LogP contribution in [0.3, 0.4) is 0 Å². The molecule has 0 heterocycles. The molecule has 3 nitrogen and oxygen atoms in total. The molecule has 0 saturated heterocycles. The maximum absolute atomic E-state index is 13.5. The van der Waals surface area contributed by atoms with Crippen molar-refractivity contribution in [2.24, 2.45) is 5.10 Å². The zero-order chi connectivity index (χ0) is 14.5. The lowest BCUT2D eigenvalue weighted by Gasteiger charge is -2.02. The smallest absolute Gasteiger partial charge is 0.267 e. The standard InChI is InChI=1S/C14H9ClFIN2O/c15-11-5-3-6-12(16)10(11)8-18-19-14(20)9-4-1-2-7-13(9)17/h1-8H,(H,19,20)/b18-8-. The molecule has 0 aliphatic heterocycles. The number of rotatable bonds is 3. The maximum Gasteiger partial charge on any atom is 0.272 e. The summed E-state index contributed by atoms with van der Waals surface area (Å²) in [5.41, 5.74) is 2.98. The molecule has 2 aromatic rings. The van der Waals surface area contributed by atoms with Crippen LogP contribution in [0.25, 0.3) is 0 Å². The number of amides is 1. The van der Waals surface area contributed by atoms with E-state index < -0.39 is 5.82 Å². The Kier molecular flexibility index (Phi) is 5.08. The number of nitrogens with zero attached hydrogens (tertiary/aromatic N) is 1. The fourth-order valence-corrected chi connectivity index (χ4v) is 2.34. The van der Waals surface area contributed by atoms with Gasteiger partial charge in [-0.2, -0.15) is 5.10 Å². The number of benzene rings is 2. The predicted molar refractivity (Wildman–Crippen MR) is 85.6 cm³/mol. The van der Waals surface area contributed by atoms with E-state index in [4.69, 9.17) is 11.6 Å². The van der Waals surface area contributed by atoms with Gasteiger partial charge in [-0.05, 0) is 46.9 Å². The number of hydrazone groups is 1. The predicted octanol–water partition coefficient (Wildman–Crippen LogP) is 3.85. The van der Waals surface area contributed by atoms with Crippen LogP contribution in [-0.4, -0.2) is 12.1 Å². The highest BCUT2D eigenvalue weighted by Gasteiger charge is 2.08. The second-order valence-corrected chi connectivity index (χ2v) is 5.38. The highest BCUT2D eigenvalue weighted by molar-refractivity contribution is 14.1. The van der Waals surface area contributed by atoms with Gasteiger partial charge in [0.15, 0.2) is 0 Å². The summed E-state index contributed by atoms with van der Waals surface area (Å²) in [5, 5.41) is 3.96. The average Bonchev–Trinajstić information content (AvgIpc) is 2.42. The van der Waals surface area contributed by atoms with Crippen molar-refractivity contribution < 1.29 is 9.18 Å². The third kappa shape index (κ3) is 3.55. The van der Waals surface area contributed by atoms with Crippen molar-refractivity contribution >= 4 is 46.3 Å². The number of carbonyl (C=O) groups is 1. The van der Waals surface area contributed by atoms with E-state index in [0.717, 1.165) is 3.57 Å². The van der Waals surface area contributed by atoms with E-state index in [1.807, 2.05) is 12.1 Å². The molecule has 2 aromatic carbocycles. The molecule has 0 saturated carbocycles. The van der Waals surface area contributed by atoms with Crippen molar-refractivity contribution in [3.63, 3.8) is 0 Å². The minimum Gasteiger partial charge on any atom is -0.267 e. The molecule has 0 bridgehead atoms. The lowest BCUT2D eigenvalue weighted by molar-refractivity contribution is 0.0954. The van der Waals surface area contributed by atoms with Crippen molar-refractivity contribution in [1.29, 1.82) is 0 Å². The van der Waals surface area contributed by atoms with Gasteiger partial charge in [0.2, 0.25) is 0 Å². The van der Waals surface area contributed by atoms with Crippen molar-refractivity contribution in [2.75, 3.05) is 0 Å². The lowest BCUT2D eigenvalue weighted by Crippen LogP contribution is -2.18. The SMILES string of the molecule is O=C(N/N=C\c1c(F)cccc1Cl)c1ccccc1I. The third-order valence-corrected chi connectivity index (χ3v) is 3.75. The fourth-order valence-electron chi connectivity index (χ4n) is 1.50. The molecule has 6 heteroatoms. The van der Waals surface area contributed by atoms with Gasteiger partial charge in [-0.15, -0.1) is 0 Å². The van der Waals surface area contributed by atoms with Crippen LogP contribution in [-0.2, 0) is 0 Å². The third-order valence-electron chi connectivity index (χ3n) is 2.48. The molecule has 1 amide bonds. The molecule has 0 radical (unpaired) electrons. The monoisotopic (exact) mass is 402 g/mol. The van der Waals surface area contributed by atoms with Gasteiger partial charge in [0.05, 0.1) is 16.8 Å². The Hall–Kier alpha value is -1.47. The Balaban J connectivity index is 2.11. The number of halogens is 3. The summed E-state index contributed by atoms with van der Waals surface area (Å²) in [5.74, 6) is -0.858.